The van der Waals surface area contributed by atoms with Crippen LogP contribution in [0.1, 0.15) is 27.0 Å². The molecule has 0 bridgehead atoms. The fraction of sp³-hybridized carbons (Fsp3) is 0.222. The number of hydrogen-bond donors (Lipinski definition) is 2. The second-order valence-electron chi connectivity index (χ2n) is 5.44. The van der Waals surface area contributed by atoms with Crippen molar-refractivity contribution in [1.82, 2.24) is 5.32 Å². The van der Waals surface area contributed by atoms with E-state index in [2.05, 4.69) is 26.6 Å². The Balaban J connectivity index is 1.96. The number of hydrogen-bond acceptors (Lipinski definition) is 2. The molecule has 5 heteroatoms. The van der Waals surface area contributed by atoms with Gasteiger partial charge in [0.1, 0.15) is 0 Å². The third kappa shape index (κ3) is 4.42. The Morgan fingerprint density at radius 2 is 1.78 bits per heavy atom. The monoisotopic (exact) mass is 374 g/mol. The molecule has 4 nitrogen and oxygen atoms in total. The molecule has 2 aromatic rings. The molecular formula is C18H19BrN2O2. The Hall–Kier alpha value is -2.14. The van der Waals surface area contributed by atoms with Crippen LogP contribution in [0.4, 0.5) is 5.69 Å². The normalized spacial score (nSPS) is 10.3. The van der Waals surface area contributed by atoms with Gasteiger partial charge in [-0.1, -0.05) is 28.1 Å². The maximum absolute atomic E-state index is 12.2. The first-order chi connectivity index (χ1) is 10.9. The zero-order chi connectivity index (χ0) is 17.0. The average Bonchev–Trinajstić information content (AvgIpc) is 2.50. The largest absolute Gasteiger partial charge is 0.343 e. The number of anilines is 1. The van der Waals surface area contributed by atoms with E-state index >= 15 is 0 Å². The smallest absolute Gasteiger partial charge is 0.251 e. The van der Waals surface area contributed by atoms with Crippen LogP contribution in [-0.2, 0) is 4.79 Å². The van der Waals surface area contributed by atoms with Crippen LogP contribution in [0.3, 0.4) is 0 Å². The molecule has 0 spiro atoms. The van der Waals surface area contributed by atoms with E-state index in [0.29, 0.717) is 5.56 Å². The average molecular weight is 375 g/mol. The standard InChI is InChI=1S/C18H19BrN2O2/c1-11-5-4-6-15(13(11)3)18(23)20-10-17(22)21-16-8-7-14(19)9-12(16)2/h4-9H,10H2,1-3H3,(H,20,23)(H,21,22). The Labute approximate surface area is 144 Å². The van der Waals surface area contributed by atoms with Gasteiger partial charge >= 0.3 is 0 Å². The molecule has 0 fully saturated rings. The molecule has 0 unspecified atom stereocenters. The molecule has 2 rings (SSSR count). The van der Waals surface area contributed by atoms with Gasteiger partial charge in [-0.15, -0.1) is 0 Å². The molecule has 0 aromatic heterocycles. The van der Waals surface area contributed by atoms with Crippen molar-refractivity contribution < 1.29 is 9.59 Å². The molecule has 0 radical (unpaired) electrons. The van der Waals surface area contributed by atoms with E-state index in [1.807, 2.05) is 51.1 Å². The van der Waals surface area contributed by atoms with Gasteiger partial charge in [-0.05, 0) is 61.7 Å². The SMILES string of the molecule is Cc1cc(Br)ccc1NC(=O)CNC(=O)c1cccc(C)c1C. The van der Waals surface area contributed by atoms with Crippen molar-refractivity contribution in [2.24, 2.45) is 0 Å². The van der Waals surface area contributed by atoms with Crippen LogP contribution < -0.4 is 10.6 Å². The van der Waals surface area contributed by atoms with Gasteiger partial charge in [0.2, 0.25) is 5.91 Å². The lowest BCUT2D eigenvalue weighted by molar-refractivity contribution is -0.115. The maximum atomic E-state index is 12.2. The molecule has 2 amide bonds. The summed E-state index contributed by atoms with van der Waals surface area (Å²) in [4.78, 5) is 24.2. The number of nitrogens with one attached hydrogen (secondary N) is 2. The fourth-order valence-electron chi connectivity index (χ4n) is 2.21. The fourth-order valence-corrected chi connectivity index (χ4v) is 2.69. The molecule has 0 saturated carbocycles. The van der Waals surface area contributed by atoms with Crippen molar-refractivity contribution >= 4 is 33.4 Å². The summed E-state index contributed by atoms with van der Waals surface area (Å²) in [7, 11) is 0. The number of rotatable bonds is 4. The first-order valence-electron chi connectivity index (χ1n) is 7.29. The molecule has 0 heterocycles. The van der Waals surface area contributed by atoms with E-state index in [4.69, 9.17) is 0 Å². The summed E-state index contributed by atoms with van der Waals surface area (Å²) in [5, 5.41) is 5.45. The number of carbonyl (C=O) groups excluding carboxylic acids is 2. The van der Waals surface area contributed by atoms with Gasteiger partial charge in [0, 0.05) is 15.7 Å². The summed E-state index contributed by atoms with van der Waals surface area (Å²) in [5.41, 5.74) is 4.26. The predicted molar refractivity (Wildman–Crippen MR) is 95.8 cm³/mol. The quantitative estimate of drug-likeness (QED) is 0.855. The minimum atomic E-state index is -0.255. The molecule has 23 heavy (non-hydrogen) atoms. The highest BCUT2D eigenvalue weighted by Crippen LogP contribution is 2.19. The highest BCUT2D eigenvalue weighted by atomic mass is 79.9. The van der Waals surface area contributed by atoms with Gasteiger partial charge in [0.15, 0.2) is 0 Å². The summed E-state index contributed by atoms with van der Waals surface area (Å²) in [6.07, 6.45) is 0. The van der Waals surface area contributed by atoms with E-state index in [1.165, 1.54) is 0 Å². The van der Waals surface area contributed by atoms with E-state index in [0.717, 1.165) is 26.9 Å². The molecule has 0 aliphatic rings. The van der Waals surface area contributed by atoms with E-state index in [-0.39, 0.29) is 18.4 Å². The third-order valence-electron chi connectivity index (χ3n) is 3.72. The number of amides is 2. The van der Waals surface area contributed by atoms with E-state index in [1.54, 1.807) is 6.07 Å². The molecule has 0 aliphatic carbocycles. The molecule has 0 saturated heterocycles. The van der Waals surface area contributed by atoms with Gasteiger partial charge in [-0.25, -0.2) is 0 Å². The number of benzene rings is 2. The van der Waals surface area contributed by atoms with Gasteiger partial charge in [-0.3, -0.25) is 9.59 Å². The van der Waals surface area contributed by atoms with Crippen LogP contribution in [0.2, 0.25) is 0 Å². The number of carbonyl (C=O) groups is 2. The van der Waals surface area contributed by atoms with Crippen LogP contribution in [0, 0.1) is 20.8 Å². The second-order valence-corrected chi connectivity index (χ2v) is 6.35. The Bertz CT molecular complexity index is 757. The summed E-state index contributed by atoms with van der Waals surface area (Å²) in [6.45, 7) is 5.70. The Morgan fingerprint density at radius 1 is 1.04 bits per heavy atom. The number of halogens is 1. The summed E-state index contributed by atoms with van der Waals surface area (Å²) in [6, 6.07) is 11.2. The lowest BCUT2D eigenvalue weighted by Crippen LogP contribution is -2.33. The van der Waals surface area contributed by atoms with Crippen LogP contribution >= 0.6 is 15.9 Å². The van der Waals surface area contributed by atoms with Crippen molar-refractivity contribution in [2.75, 3.05) is 11.9 Å². The van der Waals surface area contributed by atoms with Crippen molar-refractivity contribution in [2.45, 2.75) is 20.8 Å². The summed E-state index contributed by atoms with van der Waals surface area (Å²) < 4.78 is 0.955. The number of aryl methyl sites for hydroxylation is 2. The lowest BCUT2D eigenvalue weighted by Gasteiger charge is -2.11. The zero-order valence-electron chi connectivity index (χ0n) is 13.4. The summed E-state index contributed by atoms with van der Waals surface area (Å²) >= 11 is 3.38. The van der Waals surface area contributed by atoms with Crippen LogP contribution in [0.15, 0.2) is 40.9 Å². The first kappa shape index (κ1) is 17.2. The predicted octanol–water partition coefficient (Wildman–Crippen LogP) is 3.74. The Morgan fingerprint density at radius 3 is 2.48 bits per heavy atom. The third-order valence-corrected chi connectivity index (χ3v) is 4.21. The molecular weight excluding hydrogens is 356 g/mol. The van der Waals surface area contributed by atoms with Crippen molar-refractivity contribution in [1.29, 1.82) is 0 Å². The van der Waals surface area contributed by atoms with E-state index < -0.39 is 0 Å². The first-order valence-corrected chi connectivity index (χ1v) is 8.08. The molecule has 0 atom stereocenters. The van der Waals surface area contributed by atoms with Gasteiger partial charge < -0.3 is 10.6 Å². The van der Waals surface area contributed by atoms with Crippen molar-refractivity contribution in [3.8, 4) is 0 Å². The molecule has 2 aromatic carbocycles. The topological polar surface area (TPSA) is 58.2 Å². The van der Waals surface area contributed by atoms with Gasteiger partial charge in [-0.2, -0.15) is 0 Å². The van der Waals surface area contributed by atoms with Gasteiger partial charge in [0.25, 0.3) is 5.91 Å². The van der Waals surface area contributed by atoms with Gasteiger partial charge in [0.05, 0.1) is 6.54 Å². The van der Waals surface area contributed by atoms with Crippen molar-refractivity contribution in [3.05, 3.63) is 63.1 Å². The molecule has 2 N–H and O–H groups in total. The highest BCUT2D eigenvalue weighted by molar-refractivity contribution is 9.10. The Kier molecular flexibility index (Phi) is 5.55. The van der Waals surface area contributed by atoms with Crippen LogP contribution in [0.25, 0.3) is 0 Å². The van der Waals surface area contributed by atoms with Crippen LogP contribution in [0.5, 0.6) is 0 Å². The van der Waals surface area contributed by atoms with E-state index in [9.17, 15) is 9.59 Å². The highest BCUT2D eigenvalue weighted by Gasteiger charge is 2.12. The molecule has 0 aliphatic heterocycles. The van der Waals surface area contributed by atoms with Crippen LogP contribution in [-0.4, -0.2) is 18.4 Å². The van der Waals surface area contributed by atoms with Crippen molar-refractivity contribution in [3.63, 3.8) is 0 Å². The lowest BCUT2D eigenvalue weighted by atomic mass is 10.0. The minimum absolute atomic E-state index is 0.0677. The summed E-state index contributed by atoms with van der Waals surface area (Å²) in [5.74, 6) is -0.497. The minimum Gasteiger partial charge on any atom is -0.343 e. The zero-order valence-corrected chi connectivity index (χ0v) is 15.0. The second kappa shape index (κ2) is 7.42. The maximum Gasteiger partial charge on any atom is 0.251 e. The molecule has 120 valence electrons.